The molecule has 0 aliphatic heterocycles. The summed E-state index contributed by atoms with van der Waals surface area (Å²) in [5.74, 6) is 0. The molecule has 0 aliphatic carbocycles. The first-order chi connectivity index (χ1) is 7.13. The molecule has 0 unspecified atom stereocenters. The zero-order valence-electron chi connectivity index (χ0n) is 8.28. The van der Waals surface area contributed by atoms with E-state index in [1.807, 2.05) is 0 Å². The van der Waals surface area contributed by atoms with Crippen LogP contribution < -0.4 is 0 Å². The van der Waals surface area contributed by atoms with Crippen molar-refractivity contribution in [3.05, 3.63) is 16.2 Å². The predicted octanol–water partition coefficient (Wildman–Crippen LogP) is 2.75. The zero-order valence-corrected chi connectivity index (χ0v) is 11.5. The molecule has 2 heterocycles. The molecule has 0 aliphatic rings. The van der Waals surface area contributed by atoms with E-state index in [0.29, 0.717) is 9.99 Å². The molecule has 0 saturated heterocycles. The van der Waals surface area contributed by atoms with Gasteiger partial charge in [0.2, 0.25) is 0 Å². The molecule has 0 radical (unpaired) electrons. The number of hydrogen-bond acceptors (Lipinski definition) is 4. The SMILES string of the molecule is CCc1c(Br)cnc2nc([S@](C)=O)sc12. The van der Waals surface area contributed by atoms with Gasteiger partial charge in [-0.2, -0.15) is 0 Å². The van der Waals surface area contributed by atoms with E-state index in [0.717, 1.165) is 15.6 Å². The van der Waals surface area contributed by atoms with Crippen LogP contribution in [-0.2, 0) is 17.2 Å². The average molecular weight is 305 g/mol. The summed E-state index contributed by atoms with van der Waals surface area (Å²) in [6, 6.07) is 0. The Morgan fingerprint density at radius 3 is 2.93 bits per heavy atom. The van der Waals surface area contributed by atoms with Gasteiger partial charge in [0.1, 0.15) is 0 Å². The highest BCUT2D eigenvalue weighted by Crippen LogP contribution is 2.30. The largest absolute Gasteiger partial charge is 0.252 e. The van der Waals surface area contributed by atoms with Crippen molar-refractivity contribution in [3.63, 3.8) is 0 Å². The quantitative estimate of drug-likeness (QED) is 0.857. The summed E-state index contributed by atoms with van der Waals surface area (Å²) < 4.78 is 14.0. The minimum absolute atomic E-state index is 0.644. The second-order valence-electron chi connectivity index (χ2n) is 3.02. The average Bonchev–Trinajstić information content (AvgIpc) is 2.61. The Balaban J connectivity index is 2.75. The maximum Gasteiger partial charge on any atom is 0.183 e. The van der Waals surface area contributed by atoms with Crippen LogP contribution in [0.15, 0.2) is 15.0 Å². The lowest BCUT2D eigenvalue weighted by Crippen LogP contribution is -1.86. The Morgan fingerprint density at radius 2 is 2.33 bits per heavy atom. The standard InChI is InChI=1S/C9H9BrN2OS2/c1-3-5-6(10)4-11-8-7(5)14-9(12-8)15(2)13/h4H,3H2,1-2H3/t15-/m0/s1. The lowest BCUT2D eigenvalue weighted by Gasteiger charge is -1.99. The summed E-state index contributed by atoms with van der Waals surface area (Å²) in [7, 11) is -1.03. The number of rotatable bonds is 2. The minimum Gasteiger partial charge on any atom is -0.252 e. The molecule has 0 spiro atoms. The van der Waals surface area contributed by atoms with Gasteiger partial charge in [0.15, 0.2) is 9.99 Å². The Hall–Kier alpha value is -0.330. The lowest BCUT2D eigenvalue weighted by molar-refractivity contribution is 0.686. The maximum absolute atomic E-state index is 11.3. The molecule has 1 atom stereocenters. The smallest absolute Gasteiger partial charge is 0.183 e. The fourth-order valence-corrected chi connectivity index (χ4v) is 3.85. The number of pyridine rings is 1. The first-order valence-electron chi connectivity index (χ1n) is 4.40. The molecule has 0 N–H and O–H groups in total. The third-order valence-electron chi connectivity index (χ3n) is 2.05. The van der Waals surface area contributed by atoms with Crippen molar-refractivity contribution >= 4 is 48.4 Å². The van der Waals surface area contributed by atoms with E-state index in [4.69, 9.17) is 0 Å². The number of aryl methyl sites for hydroxylation is 1. The van der Waals surface area contributed by atoms with Crippen LogP contribution in [0.2, 0.25) is 0 Å². The van der Waals surface area contributed by atoms with E-state index in [1.54, 1.807) is 12.5 Å². The monoisotopic (exact) mass is 304 g/mol. The van der Waals surface area contributed by atoms with Gasteiger partial charge in [0.25, 0.3) is 0 Å². The van der Waals surface area contributed by atoms with Crippen LogP contribution in [0.5, 0.6) is 0 Å². The number of nitrogens with zero attached hydrogens (tertiary/aromatic N) is 2. The summed E-state index contributed by atoms with van der Waals surface area (Å²) in [5, 5.41) is 0. The predicted molar refractivity (Wildman–Crippen MR) is 66.8 cm³/mol. The zero-order chi connectivity index (χ0) is 11.0. The van der Waals surface area contributed by atoms with E-state index in [2.05, 4.69) is 32.8 Å². The maximum atomic E-state index is 11.3. The molecule has 2 aromatic rings. The molecule has 0 fully saturated rings. The van der Waals surface area contributed by atoms with E-state index >= 15 is 0 Å². The van der Waals surface area contributed by atoms with Crippen molar-refractivity contribution in [1.82, 2.24) is 9.97 Å². The van der Waals surface area contributed by atoms with E-state index < -0.39 is 10.8 Å². The second kappa shape index (κ2) is 4.27. The molecule has 0 saturated carbocycles. The summed E-state index contributed by atoms with van der Waals surface area (Å²) in [5.41, 5.74) is 1.89. The van der Waals surface area contributed by atoms with E-state index in [-0.39, 0.29) is 0 Å². The number of aromatic nitrogens is 2. The highest BCUT2D eigenvalue weighted by atomic mass is 79.9. The van der Waals surface area contributed by atoms with Gasteiger partial charge < -0.3 is 0 Å². The minimum atomic E-state index is -1.03. The molecule has 0 amide bonds. The Bertz CT molecular complexity index is 538. The molecule has 0 bridgehead atoms. The topological polar surface area (TPSA) is 42.9 Å². The molecule has 80 valence electrons. The Labute approximate surface area is 103 Å². The molecular weight excluding hydrogens is 296 g/mol. The van der Waals surface area contributed by atoms with Gasteiger partial charge in [-0.3, -0.25) is 4.21 Å². The third-order valence-corrected chi connectivity index (χ3v) is 5.17. The first-order valence-corrected chi connectivity index (χ1v) is 7.57. The Kier molecular flexibility index (Phi) is 3.18. The molecular formula is C9H9BrN2OS2. The van der Waals surface area contributed by atoms with Crippen molar-refractivity contribution in [1.29, 1.82) is 0 Å². The van der Waals surface area contributed by atoms with E-state index in [1.165, 1.54) is 16.9 Å². The third kappa shape index (κ3) is 1.98. The Morgan fingerprint density at radius 1 is 1.60 bits per heavy atom. The van der Waals surface area contributed by atoms with Crippen molar-refractivity contribution in [3.8, 4) is 0 Å². The van der Waals surface area contributed by atoms with Gasteiger partial charge in [-0.1, -0.05) is 6.92 Å². The van der Waals surface area contributed by atoms with Crippen molar-refractivity contribution < 1.29 is 4.21 Å². The molecule has 2 rings (SSSR count). The van der Waals surface area contributed by atoms with Crippen LogP contribution in [-0.4, -0.2) is 20.4 Å². The molecule has 0 aromatic carbocycles. The highest BCUT2D eigenvalue weighted by molar-refractivity contribution is 9.10. The van der Waals surface area contributed by atoms with Crippen molar-refractivity contribution in [2.75, 3.05) is 6.26 Å². The summed E-state index contributed by atoms with van der Waals surface area (Å²) in [6.07, 6.45) is 4.30. The van der Waals surface area contributed by atoms with Gasteiger partial charge in [-0.25, -0.2) is 9.97 Å². The normalized spacial score (nSPS) is 13.3. The number of hydrogen-bond donors (Lipinski definition) is 0. The van der Waals surface area contributed by atoms with Gasteiger partial charge >= 0.3 is 0 Å². The van der Waals surface area contributed by atoms with Crippen LogP contribution in [0.1, 0.15) is 12.5 Å². The van der Waals surface area contributed by atoms with Crippen LogP contribution in [0.3, 0.4) is 0 Å². The van der Waals surface area contributed by atoms with Crippen LogP contribution in [0, 0.1) is 0 Å². The fourth-order valence-electron chi connectivity index (χ4n) is 1.33. The van der Waals surface area contributed by atoms with Crippen molar-refractivity contribution in [2.45, 2.75) is 17.7 Å². The summed E-state index contributed by atoms with van der Waals surface area (Å²) >= 11 is 4.93. The molecule has 2 aromatic heterocycles. The fraction of sp³-hybridized carbons (Fsp3) is 0.333. The molecule has 6 heteroatoms. The summed E-state index contributed by atoms with van der Waals surface area (Å²) in [4.78, 5) is 8.46. The highest BCUT2D eigenvalue weighted by Gasteiger charge is 2.12. The van der Waals surface area contributed by atoms with Gasteiger partial charge in [0, 0.05) is 16.9 Å². The lowest BCUT2D eigenvalue weighted by atomic mass is 10.2. The van der Waals surface area contributed by atoms with Crippen LogP contribution in [0.4, 0.5) is 0 Å². The van der Waals surface area contributed by atoms with Crippen molar-refractivity contribution in [2.24, 2.45) is 0 Å². The van der Waals surface area contributed by atoms with Gasteiger partial charge in [-0.05, 0) is 27.9 Å². The van der Waals surface area contributed by atoms with Crippen LogP contribution in [0.25, 0.3) is 10.3 Å². The number of halogens is 1. The number of thiazole rings is 1. The van der Waals surface area contributed by atoms with Crippen LogP contribution >= 0.6 is 27.3 Å². The van der Waals surface area contributed by atoms with Gasteiger partial charge in [-0.15, -0.1) is 11.3 Å². The van der Waals surface area contributed by atoms with E-state index in [9.17, 15) is 4.21 Å². The first kappa shape index (κ1) is 11.2. The number of fused-ring (bicyclic) bond motifs is 1. The molecule has 3 nitrogen and oxygen atoms in total. The van der Waals surface area contributed by atoms with Gasteiger partial charge in [0.05, 0.1) is 15.5 Å². The second-order valence-corrected chi connectivity index (χ2v) is 6.43. The molecule has 15 heavy (non-hydrogen) atoms. The summed E-state index contributed by atoms with van der Waals surface area (Å²) in [6.45, 7) is 2.09.